The molecule has 0 atom stereocenters. The third-order valence-electron chi connectivity index (χ3n) is 1.80. The largest absolute Gasteiger partial charge is 0.416 e. The van der Waals surface area contributed by atoms with E-state index < -0.39 is 22.6 Å². The summed E-state index contributed by atoms with van der Waals surface area (Å²) in [6.07, 6.45) is -4.51. The van der Waals surface area contributed by atoms with Crippen molar-refractivity contribution in [3.05, 3.63) is 34.1 Å². The van der Waals surface area contributed by atoms with Crippen LogP contribution in [0.15, 0.2) is 12.1 Å². The Balaban J connectivity index is 3.23. The van der Waals surface area contributed by atoms with Crippen LogP contribution in [-0.2, 0) is 12.7 Å². The maximum absolute atomic E-state index is 13.2. The molecule has 0 bridgehead atoms. The molecular weight excluding hydrogens is 234 g/mol. The first kappa shape index (κ1) is 12.3. The van der Waals surface area contributed by atoms with Gasteiger partial charge in [-0.2, -0.15) is 13.2 Å². The zero-order chi connectivity index (χ0) is 11.6. The fraction of sp³-hybridized carbons (Fsp3) is 0.333. The molecule has 1 rings (SSSR count). The zero-order valence-electron chi connectivity index (χ0n) is 7.75. The van der Waals surface area contributed by atoms with Crippen molar-refractivity contribution < 1.29 is 17.6 Å². The lowest BCUT2D eigenvalue weighted by molar-refractivity contribution is -0.137. The van der Waals surface area contributed by atoms with E-state index in [-0.39, 0.29) is 12.1 Å². The standard InChI is InChI=1S/C9H8ClF4N/c1-15-4-5-2-6(9(12,13)14)3-7(10)8(5)11/h2-3,15H,4H2,1H3. The van der Waals surface area contributed by atoms with Crippen molar-refractivity contribution in [3.8, 4) is 0 Å². The van der Waals surface area contributed by atoms with Crippen LogP contribution in [-0.4, -0.2) is 7.05 Å². The molecule has 0 radical (unpaired) electrons. The molecule has 0 aliphatic rings. The number of hydrogen-bond acceptors (Lipinski definition) is 1. The Labute approximate surface area is 89.0 Å². The van der Waals surface area contributed by atoms with Gasteiger partial charge in [-0.05, 0) is 19.2 Å². The van der Waals surface area contributed by atoms with Crippen LogP contribution in [0.2, 0.25) is 5.02 Å². The molecule has 1 aromatic rings. The van der Waals surface area contributed by atoms with E-state index in [1.165, 1.54) is 7.05 Å². The highest BCUT2D eigenvalue weighted by molar-refractivity contribution is 6.30. The SMILES string of the molecule is CNCc1cc(C(F)(F)F)cc(Cl)c1F. The van der Waals surface area contributed by atoms with Crippen LogP contribution in [0.4, 0.5) is 17.6 Å². The molecule has 84 valence electrons. The van der Waals surface area contributed by atoms with Crippen LogP contribution in [0, 0.1) is 5.82 Å². The Hall–Kier alpha value is -0.810. The fourth-order valence-corrected chi connectivity index (χ4v) is 1.37. The molecule has 0 saturated carbocycles. The van der Waals surface area contributed by atoms with Gasteiger partial charge < -0.3 is 5.32 Å². The van der Waals surface area contributed by atoms with E-state index in [4.69, 9.17) is 11.6 Å². The minimum atomic E-state index is -4.51. The van der Waals surface area contributed by atoms with E-state index in [9.17, 15) is 17.6 Å². The number of halogens is 5. The smallest absolute Gasteiger partial charge is 0.316 e. The van der Waals surface area contributed by atoms with Crippen molar-refractivity contribution in [1.29, 1.82) is 0 Å². The summed E-state index contributed by atoms with van der Waals surface area (Å²) in [6.45, 7) is -0.00449. The lowest BCUT2D eigenvalue weighted by atomic mass is 10.1. The third-order valence-corrected chi connectivity index (χ3v) is 2.07. The van der Waals surface area contributed by atoms with Crippen LogP contribution >= 0.6 is 11.6 Å². The summed E-state index contributed by atoms with van der Waals surface area (Å²) in [6, 6.07) is 1.33. The molecule has 6 heteroatoms. The second kappa shape index (κ2) is 4.37. The summed E-state index contributed by atoms with van der Waals surface area (Å²) in [7, 11) is 1.51. The highest BCUT2D eigenvalue weighted by Crippen LogP contribution is 2.33. The first-order valence-corrected chi connectivity index (χ1v) is 4.43. The maximum Gasteiger partial charge on any atom is 0.416 e. The predicted molar refractivity (Wildman–Crippen MR) is 49.2 cm³/mol. The van der Waals surface area contributed by atoms with Crippen LogP contribution < -0.4 is 5.32 Å². The second-order valence-corrected chi connectivity index (χ2v) is 3.37. The molecule has 0 fully saturated rings. The zero-order valence-corrected chi connectivity index (χ0v) is 8.51. The molecule has 0 aliphatic heterocycles. The normalized spacial score (nSPS) is 11.9. The van der Waals surface area contributed by atoms with E-state index in [1.807, 2.05) is 0 Å². The van der Waals surface area contributed by atoms with E-state index in [1.54, 1.807) is 0 Å². The molecule has 0 saturated heterocycles. The summed E-state index contributed by atoms with van der Waals surface area (Å²) >= 11 is 5.36. The average Bonchev–Trinajstić information content (AvgIpc) is 2.11. The topological polar surface area (TPSA) is 12.0 Å². The van der Waals surface area contributed by atoms with Gasteiger partial charge in [0.2, 0.25) is 0 Å². The number of benzene rings is 1. The minimum Gasteiger partial charge on any atom is -0.316 e. The van der Waals surface area contributed by atoms with Crippen molar-refractivity contribution in [2.45, 2.75) is 12.7 Å². The number of nitrogens with one attached hydrogen (secondary N) is 1. The average molecular weight is 242 g/mol. The van der Waals surface area contributed by atoms with E-state index >= 15 is 0 Å². The molecule has 15 heavy (non-hydrogen) atoms. The minimum absolute atomic E-state index is 0.00449. The van der Waals surface area contributed by atoms with Gasteiger partial charge in [0, 0.05) is 12.1 Å². The molecule has 0 aromatic heterocycles. The van der Waals surface area contributed by atoms with Crippen molar-refractivity contribution in [2.75, 3.05) is 7.05 Å². The molecule has 1 N–H and O–H groups in total. The van der Waals surface area contributed by atoms with Crippen molar-refractivity contribution >= 4 is 11.6 Å². The third kappa shape index (κ3) is 2.82. The molecule has 1 nitrogen and oxygen atoms in total. The van der Waals surface area contributed by atoms with Gasteiger partial charge in [0.25, 0.3) is 0 Å². The Morgan fingerprint density at radius 2 is 1.93 bits per heavy atom. The summed E-state index contributed by atoms with van der Waals surface area (Å²) in [5.74, 6) is -0.820. The first-order chi connectivity index (χ1) is 6.86. The first-order valence-electron chi connectivity index (χ1n) is 4.06. The van der Waals surface area contributed by atoms with Gasteiger partial charge in [-0.25, -0.2) is 4.39 Å². The monoisotopic (exact) mass is 241 g/mol. The van der Waals surface area contributed by atoms with E-state index in [0.717, 1.165) is 6.07 Å². The Morgan fingerprint density at radius 1 is 1.33 bits per heavy atom. The number of alkyl halides is 3. The van der Waals surface area contributed by atoms with Gasteiger partial charge in [-0.3, -0.25) is 0 Å². The molecule has 0 amide bonds. The highest BCUT2D eigenvalue weighted by Gasteiger charge is 2.32. The molecule has 0 aliphatic carbocycles. The van der Waals surface area contributed by atoms with E-state index in [2.05, 4.69) is 5.32 Å². The number of hydrogen-bond donors (Lipinski definition) is 1. The lowest BCUT2D eigenvalue weighted by Gasteiger charge is -2.10. The summed E-state index contributed by atoms with van der Waals surface area (Å²) < 4.78 is 50.2. The summed E-state index contributed by atoms with van der Waals surface area (Å²) in [4.78, 5) is 0. The Bertz CT molecular complexity index is 362. The van der Waals surface area contributed by atoms with Gasteiger partial charge in [-0.15, -0.1) is 0 Å². The van der Waals surface area contributed by atoms with Crippen LogP contribution in [0.1, 0.15) is 11.1 Å². The van der Waals surface area contributed by atoms with Gasteiger partial charge in [-0.1, -0.05) is 11.6 Å². The fourth-order valence-electron chi connectivity index (χ4n) is 1.13. The quantitative estimate of drug-likeness (QED) is 0.784. The van der Waals surface area contributed by atoms with Crippen molar-refractivity contribution in [2.24, 2.45) is 0 Å². The number of rotatable bonds is 2. The van der Waals surface area contributed by atoms with Gasteiger partial charge in [0.15, 0.2) is 0 Å². The lowest BCUT2D eigenvalue weighted by Crippen LogP contribution is -2.11. The molecule has 1 aromatic carbocycles. The Morgan fingerprint density at radius 3 is 2.40 bits per heavy atom. The van der Waals surface area contributed by atoms with Crippen LogP contribution in [0.25, 0.3) is 0 Å². The van der Waals surface area contributed by atoms with Gasteiger partial charge >= 0.3 is 6.18 Å². The summed E-state index contributed by atoms with van der Waals surface area (Å²) in [5, 5.41) is 2.05. The highest BCUT2D eigenvalue weighted by atomic mass is 35.5. The second-order valence-electron chi connectivity index (χ2n) is 2.96. The van der Waals surface area contributed by atoms with Crippen molar-refractivity contribution in [1.82, 2.24) is 5.32 Å². The van der Waals surface area contributed by atoms with Crippen LogP contribution in [0.3, 0.4) is 0 Å². The van der Waals surface area contributed by atoms with Crippen molar-refractivity contribution in [3.63, 3.8) is 0 Å². The summed E-state index contributed by atoms with van der Waals surface area (Å²) in [5.41, 5.74) is -1.04. The molecule has 0 heterocycles. The molecular formula is C9H8ClF4N. The maximum atomic E-state index is 13.2. The Kier molecular flexibility index (Phi) is 3.57. The molecule has 0 unspecified atom stereocenters. The van der Waals surface area contributed by atoms with E-state index in [0.29, 0.717) is 6.07 Å². The molecule has 0 spiro atoms. The van der Waals surface area contributed by atoms with Gasteiger partial charge in [0.1, 0.15) is 5.82 Å². The van der Waals surface area contributed by atoms with Gasteiger partial charge in [0.05, 0.1) is 10.6 Å². The predicted octanol–water partition coefficient (Wildman–Crippen LogP) is 3.22. The van der Waals surface area contributed by atoms with Crippen LogP contribution in [0.5, 0.6) is 0 Å².